The van der Waals surface area contributed by atoms with Crippen molar-refractivity contribution in [2.75, 3.05) is 0 Å². The van der Waals surface area contributed by atoms with Crippen molar-refractivity contribution >= 4 is 11.0 Å². The molecule has 0 aliphatic heterocycles. The molecule has 1 aromatic heterocycles. The maximum absolute atomic E-state index is 13.2. The van der Waals surface area contributed by atoms with Crippen molar-refractivity contribution in [1.82, 2.24) is 0 Å². The smallest absolute Gasteiger partial charge is 0.200 e. The Morgan fingerprint density at radius 3 is 2.46 bits per heavy atom. The quantitative estimate of drug-likeness (QED) is 0.447. The van der Waals surface area contributed by atoms with Crippen LogP contribution in [0.4, 0.5) is 4.39 Å². The molecule has 0 aliphatic carbocycles. The molecule has 0 fully saturated rings. The zero-order valence-corrected chi connectivity index (χ0v) is 15.4. The van der Waals surface area contributed by atoms with Gasteiger partial charge in [-0.1, -0.05) is 49.4 Å². The summed E-state index contributed by atoms with van der Waals surface area (Å²) in [6, 6.07) is 19.3. The Labute approximate surface area is 162 Å². The van der Waals surface area contributed by atoms with Crippen LogP contribution in [0.5, 0.6) is 5.75 Å². The van der Waals surface area contributed by atoms with E-state index in [1.807, 2.05) is 43.3 Å². The average Bonchev–Trinajstić information content (AvgIpc) is 2.73. The van der Waals surface area contributed by atoms with Crippen LogP contribution in [0.25, 0.3) is 22.1 Å². The summed E-state index contributed by atoms with van der Waals surface area (Å²) in [5.41, 5.74) is 3.37. The topological polar surface area (TPSA) is 39.4 Å². The van der Waals surface area contributed by atoms with Gasteiger partial charge in [-0.05, 0) is 41.3 Å². The first-order chi connectivity index (χ1) is 13.7. The summed E-state index contributed by atoms with van der Waals surface area (Å²) in [7, 11) is 0. The molecule has 4 rings (SSSR count). The van der Waals surface area contributed by atoms with Gasteiger partial charge in [0.2, 0.25) is 5.43 Å². The first kappa shape index (κ1) is 18.0. The van der Waals surface area contributed by atoms with E-state index >= 15 is 0 Å². The van der Waals surface area contributed by atoms with Gasteiger partial charge in [0.25, 0.3) is 0 Å². The molecular weight excluding hydrogens is 355 g/mol. The lowest BCUT2D eigenvalue weighted by atomic mass is 10.0. The fourth-order valence-electron chi connectivity index (χ4n) is 3.18. The van der Waals surface area contributed by atoms with E-state index in [-0.39, 0.29) is 11.2 Å². The summed E-state index contributed by atoms with van der Waals surface area (Å²) in [6.45, 7) is 2.46. The molecule has 4 aromatic rings. The Bertz CT molecular complexity index is 1160. The molecule has 3 aromatic carbocycles. The van der Waals surface area contributed by atoms with Crippen LogP contribution in [0.2, 0.25) is 0 Å². The number of aryl methyl sites for hydroxylation is 1. The molecular formula is C24H19FO3. The molecule has 0 N–H and O–H groups in total. The summed E-state index contributed by atoms with van der Waals surface area (Å²) in [5.74, 6) is 0.360. The minimum atomic E-state index is -0.345. The number of hydrogen-bond acceptors (Lipinski definition) is 3. The number of halogens is 1. The van der Waals surface area contributed by atoms with Gasteiger partial charge in [-0.25, -0.2) is 4.39 Å². The van der Waals surface area contributed by atoms with Crippen molar-refractivity contribution in [2.45, 2.75) is 20.0 Å². The Kier molecular flexibility index (Phi) is 4.94. The molecule has 1 heterocycles. The largest absolute Gasteiger partial charge is 0.488 e. The van der Waals surface area contributed by atoms with Crippen molar-refractivity contribution in [3.8, 4) is 16.9 Å². The Balaban J connectivity index is 1.73. The molecule has 0 unspecified atom stereocenters. The molecule has 0 amide bonds. The van der Waals surface area contributed by atoms with Gasteiger partial charge < -0.3 is 9.15 Å². The van der Waals surface area contributed by atoms with Gasteiger partial charge in [-0.2, -0.15) is 0 Å². The summed E-state index contributed by atoms with van der Waals surface area (Å²) in [6.07, 6.45) is 2.14. The first-order valence-electron chi connectivity index (χ1n) is 9.17. The number of hydrogen-bond donors (Lipinski definition) is 0. The van der Waals surface area contributed by atoms with Crippen LogP contribution in [-0.2, 0) is 13.0 Å². The van der Waals surface area contributed by atoms with Gasteiger partial charge in [0, 0.05) is 6.07 Å². The lowest BCUT2D eigenvalue weighted by molar-refractivity contribution is 0.303. The van der Waals surface area contributed by atoms with Gasteiger partial charge >= 0.3 is 0 Å². The predicted molar refractivity (Wildman–Crippen MR) is 108 cm³/mol. The highest BCUT2D eigenvalue weighted by Crippen LogP contribution is 2.28. The minimum Gasteiger partial charge on any atom is -0.488 e. The van der Waals surface area contributed by atoms with Crippen molar-refractivity contribution in [3.63, 3.8) is 0 Å². The lowest BCUT2D eigenvalue weighted by Gasteiger charge is -2.12. The van der Waals surface area contributed by atoms with Gasteiger partial charge in [0.1, 0.15) is 30.0 Å². The van der Waals surface area contributed by atoms with Gasteiger partial charge in [0.15, 0.2) is 0 Å². The molecule has 0 saturated heterocycles. The van der Waals surface area contributed by atoms with Crippen LogP contribution in [0.1, 0.15) is 18.1 Å². The van der Waals surface area contributed by atoms with Crippen molar-refractivity contribution < 1.29 is 13.5 Å². The standard InChI is InChI=1S/C24H19FO3/c1-2-17-12-20-23(13-22(17)27-14-16-6-4-3-5-7-16)28-15-21(24(20)26)18-8-10-19(25)11-9-18/h3-13,15H,2,14H2,1H3. The molecule has 140 valence electrons. The number of fused-ring (bicyclic) bond motifs is 1. The van der Waals surface area contributed by atoms with Crippen LogP contribution in [0.15, 0.2) is 82.2 Å². The second-order valence-electron chi connectivity index (χ2n) is 6.57. The molecule has 3 nitrogen and oxygen atoms in total. The summed E-state index contributed by atoms with van der Waals surface area (Å²) >= 11 is 0. The fourth-order valence-corrected chi connectivity index (χ4v) is 3.18. The van der Waals surface area contributed by atoms with Gasteiger partial charge in [0.05, 0.1) is 10.9 Å². The molecule has 0 radical (unpaired) electrons. The highest BCUT2D eigenvalue weighted by molar-refractivity contribution is 5.83. The van der Waals surface area contributed by atoms with E-state index in [0.29, 0.717) is 34.5 Å². The minimum absolute atomic E-state index is 0.142. The Hall–Kier alpha value is -3.40. The third-order valence-electron chi connectivity index (χ3n) is 4.73. The molecule has 0 bridgehead atoms. The first-order valence-corrected chi connectivity index (χ1v) is 9.17. The molecule has 0 saturated carbocycles. The van der Waals surface area contributed by atoms with Crippen molar-refractivity contribution in [3.05, 3.63) is 100 Å². The molecule has 28 heavy (non-hydrogen) atoms. The zero-order chi connectivity index (χ0) is 19.5. The highest BCUT2D eigenvalue weighted by atomic mass is 19.1. The summed E-state index contributed by atoms with van der Waals surface area (Å²) in [4.78, 5) is 13.0. The Morgan fingerprint density at radius 1 is 1.00 bits per heavy atom. The van der Waals surface area contributed by atoms with Crippen molar-refractivity contribution in [1.29, 1.82) is 0 Å². The average molecular weight is 374 g/mol. The van der Waals surface area contributed by atoms with Crippen LogP contribution >= 0.6 is 0 Å². The lowest BCUT2D eigenvalue weighted by Crippen LogP contribution is -2.06. The molecule has 0 atom stereocenters. The van der Waals surface area contributed by atoms with E-state index in [1.165, 1.54) is 18.4 Å². The van der Waals surface area contributed by atoms with E-state index in [0.717, 1.165) is 17.5 Å². The number of rotatable bonds is 5. The predicted octanol–water partition coefficient (Wildman–Crippen LogP) is 5.74. The van der Waals surface area contributed by atoms with Crippen molar-refractivity contribution in [2.24, 2.45) is 0 Å². The van der Waals surface area contributed by atoms with Crippen LogP contribution in [0, 0.1) is 5.82 Å². The van der Waals surface area contributed by atoms with E-state index in [1.54, 1.807) is 18.2 Å². The maximum Gasteiger partial charge on any atom is 0.200 e. The number of ether oxygens (including phenoxy) is 1. The molecule has 0 spiro atoms. The van der Waals surface area contributed by atoms with E-state index < -0.39 is 0 Å². The van der Waals surface area contributed by atoms with E-state index in [2.05, 4.69) is 0 Å². The summed E-state index contributed by atoms with van der Waals surface area (Å²) < 4.78 is 24.9. The number of benzene rings is 3. The third-order valence-corrected chi connectivity index (χ3v) is 4.73. The SMILES string of the molecule is CCc1cc2c(=O)c(-c3ccc(F)cc3)coc2cc1OCc1ccccc1. The van der Waals surface area contributed by atoms with E-state index in [4.69, 9.17) is 9.15 Å². The van der Waals surface area contributed by atoms with Crippen LogP contribution < -0.4 is 10.2 Å². The van der Waals surface area contributed by atoms with Crippen LogP contribution in [0.3, 0.4) is 0 Å². The van der Waals surface area contributed by atoms with Crippen LogP contribution in [-0.4, -0.2) is 0 Å². The molecule has 4 heteroatoms. The third kappa shape index (κ3) is 3.54. The van der Waals surface area contributed by atoms with E-state index in [9.17, 15) is 9.18 Å². The second kappa shape index (κ2) is 7.69. The fraction of sp³-hybridized carbons (Fsp3) is 0.125. The summed E-state index contributed by atoms with van der Waals surface area (Å²) in [5, 5.41) is 0.491. The monoisotopic (exact) mass is 374 g/mol. The maximum atomic E-state index is 13.2. The normalized spacial score (nSPS) is 10.9. The Morgan fingerprint density at radius 2 is 1.75 bits per heavy atom. The second-order valence-corrected chi connectivity index (χ2v) is 6.57. The molecule has 0 aliphatic rings. The van der Waals surface area contributed by atoms with Gasteiger partial charge in [-0.3, -0.25) is 4.79 Å². The van der Waals surface area contributed by atoms with Gasteiger partial charge in [-0.15, -0.1) is 0 Å². The zero-order valence-electron chi connectivity index (χ0n) is 15.4. The highest BCUT2D eigenvalue weighted by Gasteiger charge is 2.13.